The van der Waals surface area contributed by atoms with E-state index in [1.54, 1.807) is 0 Å². The van der Waals surface area contributed by atoms with E-state index in [9.17, 15) is 9.59 Å². The van der Waals surface area contributed by atoms with Crippen LogP contribution in [0.5, 0.6) is 0 Å². The summed E-state index contributed by atoms with van der Waals surface area (Å²) in [5.41, 5.74) is 0. The Morgan fingerprint density at radius 1 is 1.64 bits per heavy atom. The maximum atomic E-state index is 10.4. The summed E-state index contributed by atoms with van der Waals surface area (Å²) in [6.07, 6.45) is -0.391. The number of carbonyl (C=O) groups is 2. The number of carboxylic acids is 1. The van der Waals surface area contributed by atoms with Crippen LogP contribution in [0, 0.1) is 5.92 Å². The predicted molar refractivity (Wildman–Crippen MR) is 35.0 cm³/mol. The third-order valence-electron chi connectivity index (χ3n) is 1.80. The molecule has 1 saturated heterocycles. The highest BCUT2D eigenvalue weighted by Gasteiger charge is 2.38. The van der Waals surface area contributed by atoms with E-state index in [1.165, 1.54) is 0 Å². The summed E-state index contributed by atoms with van der Waals surface area (Å²) in [5, 5.41) is 20.1. The van der Waals surface area contributed by atoms with Gasteiger partial charge in [-0.1, -0.05) is 0 Å². The fourth-order valence-electron chi connectivity index (χ4n) is 1.16. The largest absolute Gasteiger partial charge is 0.480 e. The Morgan fingerprint density at radius 2 is 2.27 bits per heavy atom. The van der Waals surface area contributed by atoms with Gasteiger partial charge in [0.25, 0.3) is 0 Å². The standard InChI is InChI=1S/C6H9NO4/c8-2-3-4(9)1-7-5(3)6(10)11/h2-5,7,9H,1H2,(H,10,11)/t3?,4-,5-/m0/s1. The normalized spacial score (nSPS) is 37.0. The van der Waals surface area contributed by atoms with Crippen LogP contribution < -0.4 is 5.32 Å². The van der Waals surface area contributed by atoms with Crippen molar-refractivity contribution in [3.8, 4) is 0 Å². The molecule has 5 heteroatoms. The quantitative estimate of drug-likeness (QED) is 0.414. The van der Waals surface area contributed by atoms with E-state index in [0.717, 1.165) is 0 Å². The molecule has 0 aliphatic carbocycles. The molecule has 0 bridgehead atoms. The Labute approximate surface area is 63.0 Å². The minimum Gasteiger partial charge on any atom is -0.480 e. The molecule has 0 aromatic heterocycles. The number of hydrogen-bond donors (Lipinski definition) is 3. The second-order valence-electron chi connectivity index (χ2n) is 2.50. The van der Waals surface area contributed by atoms with E-state index < -0.39 is 24.0 Å². The molecule has 1 fully saturated rings. The van der Waals surface area contributed by atoms with Crippen LogP contribution in [0.2, 0.25) is 0 Å². The summed E-state index contributed by atoms with van der Waals surface area (Å²) in [7, 11) is 0. The minimum absolute atomic E-state index is 0.167. The third-order valence-corrected chi connectivity index (χ3v) is 1.80. The molecule has 62 valence electrons. The van der Waals surface area contributed by atoms with Gasteiger partial charge in [-0.2, -0.15) is 0 Å². The van der Waals surface area contributed by atoms with Crippen LogP contribution in [0.3, 0.4) is 0 Å². The molecule has 1 heterocycles. The predicted octanol–water partition coefficient (Wildman–Crippen LogP) is -1.78. The smallest absolute Gasteiger partial charge is 0.321 e. The molecule has 0 aromatic carbocycles. The van der Waals surface area contributed by atoms with Gasteiger partial charge in [0.15, 0.2) is 0 Å². The number of carboxylic acid groups (broad SMARTS) is 1. The second-order valence-corrected chi connectivity index (χ2v) is 2.50. The molecular weight excluding hydrogens is 150 g/mol. The number of aliphatic carboxylic acids is 1. The number of hydrogen-bond acceptors (Lipinski definition) is 4. The van der Waals surface area contributed by atoms with Crippen LogP contribution in [0.4, 0.5) is 0 Å². The lowest BCUT2D eigenvalue weighted by atomic mass is 10.0. The molecule has 0 amide bonds. The summed E-state index contributed by atoms with van der Waals surface area (Å²) >= 11 is 0. The molecule has 5 nitrogen and oxygen atoms in total. The van der Waals surface area contributed by atoms with Crippen molar-refractivity contribution in [2.24, 2.45) is 5.92 Å². The van der Waals surface area contributed by atoms with Crippen molar-refractivity contribution in [3.63, 3.8) is 0 Å². The molecule has 1 unspecified atom stereocenters. The van der Waals surface area contributed by atoms with Crippen molar-refractivity contribution >= 4 is 12.3 Å². The molecular formula is C6H9NO4. The molecule has 1 rings (SSSR count). The van der Waals surface area contributed by atoms with Gasteiger partial charge in [0, 0.05) is 6.54 Å². The van der Waals surface area contributed by atoms with Gasteiger partial charge in [0.1, 0.15) is 12.3 Å². The van der Waals surface area contributed by atoms with Crippen LogP contribution in [-0.4, -0.2) is 41.2 Å². The average Bonchev–Trinajstić information content (AvgIpc) is 2.30. The highest BCUT2D eigenvalue weighted by atomic mass is 16.4. The van der Waals surface area contributed by atoms with E-state index in [1.807, 2.05) is 0 Å². The van der Waals surface area contributed by atoms with Gasteiger partial charge in [0.2, 0.25) is 0 Å². The summed E-state index contributed by atoms with van der Waals surface area (Å²) in [6, 6.07) is -0.928. The molecule has 1 aliphatic rings. The van der Waals surface area contributed by atoms with Crippen LogP contribution in [0.15, 0.2) is 0 Å². The third kappa shape index (κ3) is 1.38. The van der Waals surface area contributed by atoms with Crippen LogP contribution in [-0.2, 0) is 9.59 Å². The summed E-state index contributed by atoms with van der Waals surface area (Å²) < 4.78 is 0. The van der Waals surface area contributed by atoms with Crippen molar-refractivity contribution < 1.29 is 19.8 Å². The van der Waals surface area contributed by atoms with Gasteiger partial charge in [0.05, 0.1) is 12.0 Å². The number of aliphatic hydroxyl groups is 1. The number of β-amino-alcohol motifs (C(OH)–C–C–N with tert-alkyl or cyclic N) is 1. The van der Waals surface area contributed by atoms with Gasteiger partial charge >= 0.3 is 5.97 Å². The highest BCUT2D eigenvalue weighted by Crippen LogP contribution is 2.13. The van der Waals surface area contributed by atoms with Crippen molar-refractivity contribution in [3.05, 3.63) is 0 Å². The van der Waals surface area contributed by atoms with Crippen LogP contribution in [0.1, 0.15) is 0 Å². The zero-order valence-corrected chi connectivity index (χ0v) is 5.73. The van der Waals surface area contributed by atoms with Crippen LogP contribution in [0.25, 0.3) is 0 Å². The first kappa shape index (κ1) is 8.16. The van der Waals surface area contributed by atoms with Gasteiger partial charge in [-0.3, -0.25) is 4.79 Å². The lowest BCUT2D eigenvalue weighted by Gasteiger charge is -2.09. The van der Waals surface area contributed by atoms with E-state index in [4.69, 9.17) is 10.2 Å². The Bertz CT molecular complexity index is 181. The fourth-order valence-corrected chi connectivity index (χ4v) is 1.16. The first-order chi connectivity index (χ1) is 5.16. The SMILES string of the molecule is O=CC1[C@@H](C(=O)O)NC[C@@H]1O. The topological polar surface area (TPSA) is 86.6 Å². The highest BCUT2D eigenvalue weighted by molar-refractivity contribution is 5.79. The maximum Gasteiger partial charge on any atom is 0.321 e. The summed E-state index contributed by atoms with van der Waals surface area (Å²) in [6.45, 7) is 0.167. The van der Waals surface area contributed by atoms with Gasteiger partial charge < -0.3 is 20.3 Å². The summed E-state index contributed by atoms with van der Waals surface area (Å²) in [4.78, 5) is 20.7. The molecule has 3 atom stereocenters. The fraction of sp³-hybridized carbons (Fsp3) is 0.667. The van der Waals surface area contributed by atoms with Gasteiger partial charge in [-0.25, -0.2) is 0 Å². The van der Waals surface area contributed by atoms with E-state index in [2.05, 4.69) is 5.32 Å². The molecule has 0 aromatic rings. The monoisotopic (exact) mass is 159 g/mol. The molecule has 1 aliphatic heterocycles. The Balaban J connectivity index is 2.68. The van der Waals surface area contributed by atoms with E-state index in [-0.39, 0.29) is 6.54 Å². The van der Waals surface area contributed by atoms with Crippen molar-refractivity contribution in [2.45, 2.75) is 12.1 Å². The lowest BCUT2D eigenvalue weighted by Crippen LogP contribution is -2.36. The zero-order valence-electron chi connectivity index (χ0n) is 5.73. The van der Waals surface area contributed by atoms with Crippen molar-refractivity contribution in [1.82, 2.24) is 5.32 Å². The zero-order chi connectivity index (χ0) is 8.43. The number of aldehydes is 1. The Morgan fingerprint density at radius 3 is 2.64 bits per heavy atom. The molecule has 0 radical (unpaired) electrons. The minimum atomic E-state index is -1.10. The summed E-state index contributed by atoms with van der Waals surface area (Å²) in [5.74, 6) is -1.91. The Hall–Kier alpha value is -0.940. The van der Waals surface area contributed by atoms with Gasteiger partial charge in [-0.15, -0.1) is 0 Å². The van der Waals surface area contributed by atoms with Crippen LogP contribution >= 0.6 is 0 Å². The molecule has 0 spiro atoms. The van der Waals surface area contributed by atoms with E-state index in [0.29, 0.717) is 6.29 Å². The first-order valence-corrected chi connectivity index (χ1v) is 3.26. The molecule has 0 saturated carbocycles. The van der Waals surface area contributed by atoms with Gasteiger partial charge in [-0.05, 0) is 0 Å². The second kappa shape index (κ2) is 2.98. The Kier molecular flexibility index (Phi) is 2.21. The lowest BCUT2D eigenvalue weighted by molar-refractivity contribution is -0.141. The molecule has 3 N–H and O–H groups in total. The number of rotatable bonds is 2. The average molecular weight is 159 g/mol. The van der Waals surface area contributed by atoms with Crippen molar-refractivity contribution in [2.75, 3.05) is 6.54 Å². The van der Waals surface area contributed by atoms with Crippen molar-refractivity contribution in [1.29, 1.82) is 0 Å². The molecule has 11 heavy (non-hydrogen) atoms. The maximum absolute atomic E-state index is 10.4. The first-order valence-electron chi connectivity index (χ1n) is 3.26. The number of aliphatic hydroxyl groups excluding tert-OH is 1. The number of nitrogens with one attached hydrogen (secondary N) is 1. The number of carbonyl (C=O) groups excluding carboxylic acids is 1. The van der Waals surface area contributed by atoms with E-state index >= 15 is 0 Å².